The lowest BCUT2D eigenvalue weighted by Gasteiger charge is -2.26. The average molecular weight is 347 g/mol. The number of hydrogen-bond donors (Lipinski definition) is 2. The smallest absolute Gasteiger partial charge is 0.335 e. The highest BCUT2D eigenvalue weighted by molar-refractivity contribution is 7.89. The van der Waals surface area contributed by atoms with Gasteiger partial charge in [0.2, 0.25) is 10.0 Å². The second-order valence-corrected chi connectivity index (χ2v) is 7.44. The van der Waals surface area contributed by atoms with Gasteiger partial charge in [-0.1, -0.05) is 24.3 Å². The Kier molecular flexibility index (Phi) is 4.40. The summed E-state index contributed by atoms with van der Waals surface area (Å²) in [7, 11) is -3.87. The quantitative estimate of drug-likeness (QED) is 0.885. The molecule has 6 nitrogen and oxygen atoms in total. The minimum atomic E-state index is -3.87. The van der Waals surface area contributed by atoms with Crippen molar-refractivity contribution in [3.8, 4) is 0 Å². The molecule has 0 aromatic heterocycles. The van der Waals surface area contributed by atoms with Gasteiger partial charge in [0.05, 0.1) is 29.7 Å². The third-order valence-electron chi connectivity index (χ3n) is 3.88. The zero-order valence-corrected chi connectivity index (χ0v) is 13.8. The van der Waals surface area contributed by atoms with Crippen LogP contribution in [0.4, 0.5) is 0 Å². The number of fused-ring (bicyclic) bond motifs is 1. The molecule has 24 heavy (non-hydrogen) atoms. The Morgan fingerprint density at radius 2 is 2.00 bits per heavy atom. The van der Waals surface area contributed by atoms with Crippen molar-refractivity contribution in [1.82, 2.24) is 4.72 Å². The predicted molar refractivity (Wildman–Crippen MR) is 87.3 cm³/mol. The van der Waals surface area contributed by atoms with Crippen molar-refractivity contribution >= 4 is 16.0 Å². The number of aryl methyl sites for hydroxylation is 1. The molecule has 1 aliphatic rings. The van der Waals surface area contributed by atoms with E-state index in [-0.39, 0.29) is 17.1 Å². The third kappa shape index (κ3) is 3.33. The molecule has 1 atom stereocenters. The first-order valence-corrected chi connectivity index (χ1v) is 8.88. The average Bonchev–Trinajstić information content (AvgIpc) is 2.54. The van der Waals surface area contributed by atoms with E-state index in [4.69, 9.17) is 9.84 Å². The number of sulfonamides is 1. The summed E-state index contributed by atoms with van der Waals surface area (Å²) in [5.74, 6) is -1.17. The van der Waals surface area contributed by atoms with Gasteiger partial charge in [-0.25, -0.2) is 17.9 Å². The van der Waals surface area contributed by atoms with Crippen molar-refractivity contribution in [3.05, 3.63) is 64.7 Å². The van der Waals surface area contributed by atoms with Crippen LogP contribution in [0.25, 0.3) is 0 Å². The largest absolute Gasteiger partial charge is 0.478 e. The van der Waals surface area contributed by atoms with Crippen LogP contribution in [0.2, 0.25) is 0 Å². The summed E-state index contributed by atoms with van der Waals surface area (Å²) >= 11 is 0. The number of ether oxygens (including phenoxy) is 1. The monoisotopic (exact) mass is 347 g/mol. The number of nitrogens with one attached hydrogen (secondary N) is 1. The number of carboxylic acids is 1. The van der Waals surface area contributed by atoms with Gasteiger partial charge in [-0.3, -0.25) is 0 Å². The Morgan fingerprint density at radius 1 is 1.25 bits per heavy atom. The molecular weight excluding hydrogens is 330 g/mol. The van der Waals surface area contributed by atoms with Gasteiger partial charge in [0.15, 0.2) is 0 Å². The first-order valence-electron chi connectivity index (χ1n) is 7.40. The molecule has 0 fully saturated rings. The molecule has 0 amide bonds. The van der Waals surface area contributed by atoms with Gasteiger partial charge < -0.3 is 9.84 Å². The highest BCUT2D eigenvalue weighted by Crippen LogP contribution is 2.26. The van der Waals surface area contributed by atoms with E-state index >= 15 is 0 Å². The molecule has 0 bridgehead atoms. The molecule has 7 heteroatoms. The third-order valence-corrected chi connectivity index (χ3v) is 5.33. The van der Waals surface area contributed by atoms with Gasteiger partial charge in [-0.2, -0.15) is 0 Å². The molecule has 126 valence electrons. The van der Waals surface area contributed by atoms with Crippen LogP contribution >= 0.6 is 0 Å². The summed E-state index contributed by atoms with van der Waals surface area (Å²) in [5, 5.41) is 9.12. The van der Waals surface area contributed by atoms with Gasteiger partial charge in [0.25, 0.3) is 0 Å². The fourth-order valence-electron chi connectivity index (χ4n) is 2.76. The van der Waals surface area contributed by atoms with Gasteiger partial charge in [0, 0.05) is 0 Å². The number of carboxylic acid groups (broad SMARTS) is 1. The molecule has 0 saturated carbocycles. The highest BCUT2D eigenvalue weighted by atomic mass is 32.2. The number of benzene rings is 2. The van der Waals surface area contributed by atoms with Gasteiger partial charge in [-0.15, -0.1) is 0 Å². The first-order chi connectivity index (χ1) is 11.4. The van der Waals surface area contributed by atoms with E-state index in [0.29, 0.717) is 12.2 Å². The summed E-state index contributed by atoms with van der Waals surface area (Å²) in [4.78, 5) is 11.1. The zero-order valence-electron chi connectivity index (χ0n) is 13.0. The van der Waals surface area contributed by atoms with E-state index in [0.717, 1.165) is 17.2 Å². The van der Waals surface area contributed by atoms with E-state index < -0.39 is 22.0 Å². The Balaban J connectivity index is 1.94. The Hall–Kier alpha value is -2.22. The minimum Gasteiger partial charge on any atom is -0.478 e. The van der Waals surface area contributed by atoms with Crippen LogP contribution in [-0.4, -0.2) is 26.1 Å². The van der Waals surface area contributed by atoms with Gasteiger partial charge in [0.1, 0.15) is 0 Å². The van der Waals surface area contributed by atoms with Crippen molar-refractivity contribution in [3.63, 3.8) is 0 Å². The molecule has 1 unspecified atom stereocenters. The number of hydrogen-bond acceptors (Lipinski definition) is 4. The second kappa shape index (κ2) is 6.35. The SMILES string of the molecule is Cc1cc(C(=O)O)cc(S(=O)(=O)NC2COCc3ccccc32)c1. The molecule has 2 aromatic rings. The van der Waals surface area contributed by atoms with E-state index in [9.17, 15) is 13.2 Å². The lowest BCUT2D eigenvalue weighted by molar-refractivity contribution is 0.0696. The first kappa shape index (κ1) is 16.6. The fraction of sp³-hybridized carbons (Fsp3) is 0.235. The van der Waals surface area contributed by atoms with Crippen LogP contribution in [0.1, 0.15) is 33.1 Å². The van der Waals surface area contributed by atoms with Crippen LogP contribution < -0.4 is 4.72 Å². The standard InChI is InChI=1S/C17H17NO5S/c1-11-6-13(17(19)20)8-14(7-11)24(21,22)18-16-10-23-9-12-4-2-3-5-15(12)16/h2-8,16,18H,9-10H2,1H3,(H,19,20). The van der Waals surface area contributed by atoms with Gasteiger partial charge >= 0.3 is 5.97 Å². The molecule has 0 radical (unpaired) electrons. The van der Waals surface area contributed by atoms with Crippen LogP contribution in [0.5, 0.6) is 0 Å². The Morgan fingerprint density at radius 3 is 2.75 bits per heavy atom. The lowest BCUT2D eigenvalue weighted by atomic mass is 10.0. The molecule has 3 rings (SSSR count). The normalized spacial score (nSPS) is 17.3. The second-order valence-electron chi connectivity index (χ2n) is 5.73. The summed E-state index contributed by atoms with van der Waals surface area (Å²) < 4.78 is 33.4. The maximum absolute atomic E-state index is 12.7. The molecule has 1 heterocycles. The van der Waals surface area contributed by atoms with Gasteiger partial charge in [-0.05, 0) is 41.8 Å². The summed E-state index contributed by atoms with van der Waals surface area (Å²) in [6.45, 7) is 2.33. The van der Waals surface area contributed by atoms with Crippen molar-refractivity contribution in [2.75, 3.05) is 6.61 Å². The molecular formula is C17H17NO5S. The summed E-state index contributed by atoms with van der Waals surface area (Å²) in [6.07, 6.45) is 0. The molecule has 2 N–H and O–H groups in total. The summed E-state index contributed by atoms with van der Waals surface area (Å²) in [6, 6.07) is 11.0. The summed E-state index contributed by atoms with van der Waals surface area (Å²) in [5.41, 5.74) is 2.32. The van der Waals surface area contributed by atoms with Crippen molar-refractivity contribution in [2.45, 2.75) is 24.5 Å². The molecule has 0 spiro atoms. The van der Waals surface area contributed by atoms with E-state index in [1.165, 1.54) is 12.1 Å². The minimum absolute atomic E-state index is 0.0596. The lowest BCUT2D eigenvalue weighted by Crippen LogP contribution is -2.34. The number of rotatable bonds is 4. The Bertz CT molecular complexity index is 892. The molecule has 0 aliphatic carbocycles. The van der Waals surface area contributed by atoms with E-state index in [1.807, 2.05) is 24.3 Å². The molecule has 1 aliphatic heterocycles. The maximum Gasteiger partial charge on any atom is 0.335 e. The highest BCUT2D eigenvalue weighted by Gasteiger charge is 2.26. The van der Waals surface area contributed by atoms with Crippen molar-refractivity contribution < 1.29 is 23.1 Å². The Labute approximate surface area is 140 Å². The number of aromatic carboxylic acids is 1. The topological polar surface area (TPSA) is 92.7 Å². The van der Waals surface area contributed by atoms with Crippen LogP contribution in [0, 0.1) is 6.92 Å². The predicted octanol–water partition coefficient (Wildman–Crippen LogP) is 2.24. The maximum atomic E-state index is 12.7. The molecule has 2 aromatic carbocycles. The van der Waals surface area contributed by atoms with E-state index in [2.05, 4.69) is 4.72 Å². The zero-order chi connectivity index (χ0) is 17.3. The van der Waals surface area contributed by atoms with Crippen molar-refractivity contribution in [1.29, 1.82) is 0 Å². The fourth-order valence-corrected chi connectivity index (χ4v) is 4.09. The van der Waals surface area contributed by atoms with Crippen LogP contribution in [0.15, 0.2) is 47.4 Å². The van der Waals surface area contributed by atoms with Crippen LogP contribution in [0.3, 0.4) is 0 Å². The molecule has 0 saturated heterocycles. The number of carbonyl (C=O) groups is 1. The van der Waals surface area contributed by atoms with E-state index in [1.54, 1.807) is 6.92 Å². The van der Waals surface area contributed by atoms with Crippen LogP contribution in [-0.2, 0) is 21.4 Å². The van der Waals surface area contributed by atoms with Crippen molar-refractivity contribution in [2.24, 2.45) is 0 Å².